The molecule has 0 aliphatic carbocycles. The fourth-order valence-corrected chi connectivity index (χ4v) is 5.14. The van der Waals surface area contributed by atoms with Gasteiger partial charge in [-0.3, -0.25) is 9.67 Å². The monoisotopic (exact) mass is 413 g/mol. The van der Waals surface area contributed by atoms with Crippen LogP contribution in [0.5, 0.6) is 0 Å². The Morgan fingerprint density at radius 1 is 1.21 bits per heavy atom. The van der Waals surface area contributed by atoms with Crippen LogP contribution in [0.25, 0.3) is 32.4 Å². The molecule has 3 aromatic heterocycles. The molecule has 0 amide bonds. The van der Waals surface area contributed by atoms with Crippen LogP contribution >= 0.6 is 23.7 Å². The molecule has 0 spiro atoms. The van der Waals surface area contributed by atoms with Gasteiger partial charge in [0.25, 0.3) is 0 Å². The maximum atomic E-state index is 4.87. The summed E-state index contributed by atoms with van der Waals surface area (Å²) in [6, 6.07) is 6.64. The van der Waals surface area contributed by atoms with Crippen molar-refractivity contribution < 1.29 is 0 Å². The number of aryl methyl sites for hydroxylation is 2. The highest BCUT2D eigenvalue weighted by molar-refractivity contribution is 7.18. The van der Waals surface area contributed by atoms with Crippen molar-refractivity contribution in [3.8, 4) is 11.3 Å². The van der Waals surface area contributed by atoms with Gasteiger partial charge in [0.15, 0.2) is 0 Å². The van der Waals surface area contributed by atoms with Gasteiger partial charge in [-0.05, 0) is 56.1 Å². The number of nitrogens with zero attached hydrogens (tertiary/aromatic N) is 4. The molecule has 4 aromatic rings. The summed E-state index contributed by atoms with van der Waals surface area (Å²) in [6.07, 6.45) is 7.34. The van der Waals surface area contributed by atoms with Crippen LogP contribution in [0.2, 0.25) is 0 Å². The van der Waals surface area contributed by atoms with Crippen molar-refractivity contribution in [1.29, 1.82) is 0 Å². The van der Waals surface area contributed by atoms with Crippen molar-refractivity contribution in [2.24, 2.45) is 7.05 Å². The Bertz CT molecular complexity index is 1130. The predicted molar refractivity (Wildman–Crippen MR) is 119 cm³/mol. The average Bonchev–Trinajstić information content (AvgIpc) is 3.29. The molecule has 0 radical (unpaired) electrons. The van der Waals surface area contributed by atoms with E-state index < -0.39 is 0 Å². The topological polar surface area (TPSA) is 55.6 Å². The number of pyridine rings is 1. The molecular formula is C21H24ClN5S. The van der Waals surface area contributed by atoms with Crippen LogP contribution in [0.15, 0.2) is 30.6 Å². The molecule has 1 aliphatic heterocycles. The van der Waals surface area contributed by atoms with Gasteiger partial charge >= 0.3 is 0 Å². The zero-order valence-electron chi connectivity index (χ0n) is 16.1. The van der Waals surface area contributed by atoms with Crippen LogP contribution < -0.4 is 5.32 Å². The van der Waals surface area contributed by atoms with Gasteiger partial charge in [0, 0.05) is 30.1 Å². The van der Waals surface area contributed by atoms with Crippen molar-refractivity contribution in [1.82, 2.24) is 25.1 Å². The smallest absolute Gasteiger partial charge is 0.0999 e. The van der Waals surface area contributed by atoms with Crippen LogP contribution in [0.4, 0.5) is 0 Å². The summed E-state index contributed by atoms with van der Waals surface area (Å²) in [5.74, 6) is 0.588. The van der Waals surface area contributed by atoms with E-state index in [1.54, 1.807) is 0 Å². The molecule has 1 saturated heterocycles. The summed E-state index contributed by atoms with van der Waals surface area (Å²) < 4.78 is 3.12. The molecule has 1 aliphatic rings. The highest BCUT2D eigenvalue weighted by Crippen LogP contribution is 2.34. The molecule has 5 nitrogen and oxygen atoms in total. The highest BCUT2D eigenvalue weighted by atomic mass is 35.5. The fourth-order valence-electron chi connectivity index (χ4n) is 4.00. The Balaban J connectivity index is 0.00000192. The van der Waals surface area contributed by atoms with Gasteiger partial charge in [-0.25, -0.2) is 4.98 Å². The number of aromatic nitrogens is 4. The Morgan fingerprint density at radius 2 is 2.04 bits per heavy atom. The van der Waals surface area contributed by atoms with E-state index in [0.717, 1.165) is 41.8 Å². The van der Waals surface area contributed by atoms with Gasteiger partial charge in [0.05, 0.1) is 32.6 Å². The van der Waals surface area contributed by atoms with E-state index in [9.17, 15) is 0 Å². The molecule has 0 unspecified atom stereocenters. The molecule has 1 aromatic carbocycles. The van der Waals surface area contributed by atoms with Gasteiger partial charge in [0.2, 0.25) is 0 Å². The number of fused-ring (bicyclic) bond motifs is 2. The van der Waals surface area contributed by atoms with Gasteiger partial charge in [-0.1, -0.05) is 6.92 Å². The Kier molecular flexibility index (Phi) is 5.36. The number of hydrogen-bond donors (Lipinski definition) is 1. The lowest BCUT2D eigenvalue weighted by Gasteiger charge is -2.20. The zero-order chi connectivity index (χ0) is 18.4. The first-order chi connectivity index (χ1) is 13.2. The van der Waals surface area contributed by atoms with Gasteiger partial charge in [0.1, 0.15) is 0 Å². The first-order valence-corrected chi connectivity index (χ1v) is 10.5. The third kappa shape index (κ3) is 3.41. The van der Waals surface area contributed by atoms with E-state index in [0.29, 0.717) is 5.92 Å². The number of benzene rings is 1. The quantitative estimate of drug-likeness (QED) is 0.529. The second kappa shape index (κ2) is 7.78. The third-order valence-electron chi connectivity index (χ3n) is 5.46. The number of thiazole rings is 1. The maximum Gasteiger partial charge on any atom is 0.0999 e. The SMILES string of the molecule is CCc1cc(-c2cc3sc(C4CCNCC4)nc3cn2)cc2cn(C)nc12.Cl. The van der Waals surface area contributed by atoms with Crippen LogP contribution in [0.3, 0.4) is 0 Å². The molecule has 0 bridgehead atoms. The lowest BCUT2D eigenvalue weighted by Crippen LogP contribution is -2.26. The Hall–Kier alpha value is -2.02. The molecule has 146 valence electrons. The van der Waals surface area contributed by atoms with Crippen LogP contribution in [-0.4, -0.2) is 32.8 Å². The summed E-state index contributed by atoms with van der Waals surface area (Å²) in [7, 11) is 1.98. The van der Waals surface area contributed by atoms with E-state index in [2.05, 4.69) is 41.7 Å². The molecule has 4 heterocycles. The minimum atomic E-state index is 0. The molecule has 28 heavy (non-hydrogen) atoms. The van der Waals surface area contributed by atoms with E-state index in [1.165, 1.54) is 33.5 Å². The molecule has 1 N–H and O–H groups in total. The number of nitrogens with one attached hydrogen (secondary N) is 1. The van der Waals surface area contributed by atoms with E-state index in [4.69, 9.17) is 9.97 Å². The summed E-state index contributed by atoms with van der Waals surface area (Å²) in [4.78, 5) is 9.60. The van der Waals surface area contributed by atoms with Crippen molar-refractivity contribution >= 4 is 44.9 Å². The summed E-state index contributed by atoms with van der Waals surface area (Å²) >= 11 is 1.83. The minimum absolute atomic E-state index is 0. The fraction of sp³-hybridized carbons (Fsp3) is 0.381. The molecule has 1 fully saturated rings. The van der Waals surface area contributed by atoms with Gasteiger partial charge in [-0.2, -0.15) is 5.10 Å². The molecular weight excluding hydrogens is 390 g/mol. The second-order valence-corrected chi connectivity index (χ2v) is 8.41. The predicted octanol–water partition coefficient (Wildman–Crippen LogP) is 4.70. The maximum absolute atomic E-state index is 4.87. The van der Waals surface area contributed by atoms with E-state index >= 15 is 0 Å². The summed E-state index contributed by atoms with van der Waals surface area (Å²) in [6.45, 7) is 4.36. The first-order valence-electron chi connectivity index (χ1n) is 9.65. The van der Waals surface area contributed by atoms with Crippen molar-refractivity contribution in [3.63, 3.8) is 0 Å². The summed E-state index contributed by atoms with van der Waals surface area (Å²) in [5.41, 5.74) is 5.56. The first kappa shape index (κ1) is 19.3. The standard InChI is InChI=1S/C21H23N5S.ClH/c1-3-13-8-15(9-16-12-26(2)25-20(13)16)17-10-19-18(11-23-17)24-21(27-19)14-4-6-22-7-5-14;/h8-12,14,22H,3-7H2,1-2H3;1H. The van der Waals surface area contributed by atoms with Crippen LogP contribution in [0, 0.1) is 0 Å². The Labute approximate surface area is 174 Å². The lowest BCUT2D eigenvalue weighted by molar-refractivity contribution is 0.459. The van der Waals surface area contributed by atoms with Crippen molar-refractivity contribution in [2.45, 2.75) is 32.1 Å². The van der Waals surface area contributed by atoms with E-state index in [1.807, 2.05) is 29.3 Å². The number of piperidine rings is 1. The number of halogens is 1. The minimum Gasteiger partial charge on any atom is -0.317 e. The van der Waals surface area contributed by atoms with Crippen molar-refractivity contribution in [2.75, 3.05) is 13.1 Å². The molecule has 0 saturated carbocycles. The largest absolute Gasteiger partial charge is 0.317 e. The van der Waals surface area contributed by atoms with Gasteiger partial charge in [-0.15, -0.1) is 23.7 Å². The highest BCUT2D eigenvalue weighted by Gasteiger charge is 2.19. The second-order valence-electron chi connectivity index (χ2n) is 7.34. The van der Waals surface area contributed by atoms with Gasteiger partial charge < -0.3 is 5.32 Å². The average molecular weight is 414 g/mol. The van der Waals surface area contributed by atoms with Crippen LogP contribution in [-0.2, 0) is 13.5 Å². The van der Waals surface area contributed by atoms with Crippen molar-refractivity contribution in [3.05, 3.63) is 41.2 Å². The van der Waals surface area contributed by atoms with Crippen LogP contribution in [0.1, 0.15) is 36.3 Å². The molecule has 5 rings (SSSR count). The normalized spacial score (nSPS) is 15.2. The van der Waals surface area contributed by atoms with E-state index in [-0.39, 0.29) is 12.4 Å². The Morgan fingerprint density at radius 3 is 2.82 bits per heavy atom. The summed E-state index contributed by atoms with van der Waals surface area (Å²) in [5, 5.41) is 10.5. The zero-order valence-corrected chi connectivity index (χ0v) is 17.7. The molecule has 0 atom stereocenters. The molecule has 7 heteroatoms. The number of rotatable bonds is 3. The third-order valence-corrected chi connectivity index (χ3v) is 6.64. The lowest BCUT2D eigenvalue weighted by atomic mass is 9.99. The number of hydrogen-bond acceptors (Lipinski definition) is 5.